The fourth-order valence-corrected chi connectivity index (χ4v) is 3.33. The van der Waals surface area contributed by atoms with Gasteiger partial charge in [-0.15, -0.1) is 0 Å². The SMILES string of the molecule is CC1(C(=O)O)CCCN1C(=O)CCN1C(=O)COc2ccccc21. The van der Waals surface area contributed by atoms with Crippen LogP contribution in [0.1, 0.15) is 26.2 Å². The third-order valence-electron chi connectivity index (χ3n) is 4.76. The van der Waals surface area contributed by atoms with Crippen LogP contribution in [-0.2, 0) is 14.4 Å². The highest BCUT2D eigenvalue weighted by Gasteiger charge is 2.45. The number of carbonyl (C=O) groups excluding carboxylic acids is 2. The zero-order valence-corrected chi connectivity index (χ0v) is 13.5. The standard InChI is InChI=1S/C17H20N2O5/c1-17(16(22)23)8-4-9-19(17)14(20)7-10-18-12-5-2-3-6-13(12)24-11-15(18)21/h2-3,5-6H,4,7-11H2,1H3,(H,22,23). The molecule has 0 aromatic heterocycles. The van der Waals surface area contributed by atoms with Crippen LogP contribution in [0.15, 0.2) is 24.3 Å². The van der Waals surface area contributed by atoms with E-state index < -0.39 is 11.5 Å². The number of carboxylic acids is 1. The lowest BCUT2D eigenvalue weighted by Crippen LogP contribution is -2.51. The fourth-order valence-electron chi connectivity index (χ4n) is 3.33. The van der Waals surface area contributed by atoms with Gasteiger partial charge >= 0.3 is 5.97 Å². The molecule has 128 valence electrons. The number of carbonyl (C=O) groups is 3. The molecule has 2 heterocycles. The minimum atomic E-state index is -1.15. The van der Waals surface area contributed by atoms with Crippen LogP contribution in [-0.4, -0.2) is 53.0 Å². The van der Waals surface area contributed by atoms with Crippen LogP contribution >= 0.6 is 0 Å². The van der Waals surface area contributed by atoms with Crippen LogP contribution in [0.5, 0.6) is 5.75 Å². The van der Waals surface area contributed by atoms with Crippen molar-refractivity contribution in [3.63, 3.8) is 0 Å². The van der Waals surface area contributed by atoms with E-state index in [0.29, 0.717) is 30.8 Å². The maximum absolute atomic E-state index is 12.5. The van der Waals surface area contributed by atoms with Crippen molar-refractivity contribution in [2.75, 3.05) is 24.6 Å². The monoisotopic (exact) mass is 332 g/mol. The van der Waals surface area contributed by atoms with Crippen molar-refractivity contribution in [2.45, 2.75) is 31.7 Å². The first kappa shape index (κ1) is 16.3. The second kappa shape index (κ2) is 6.14. The molecule has 1 atom stereocenters. The summed E-state index contributed by atoms with van der Waals surface area (Å²) >= 11 is 0. The van der Waals surface area contributed by atoms with Crippen LogP contribution < -0.4 is 9.64 Å². The maximum atomic E-state index is 12.5. The lowest BCUT2D eigenvalue weighted by atomic mass is 9.99. The van der Waals surface area contributed by atoms with Crippen LogP contribution in [0.2, 0.25) is 0 Å². The number of likely N-dealkylation sites (tertiary alicyclic amines) is 1. The topological polar surface area (TPSA) is 87.2 Å². The quantitative estimate of drug-likeness (QED) is 0.897. The Hall–Kier alpha value is -2.57. The van der Waals surface area contributed by atoms with E-state index in [2.05, 4.69) is 0 Å². The third-order valence-corrected chi connectivity index (χ3v) is 4.76. The van der Waals surface area contributed by atoms with Gasteiger partial charge in [-0.1, -0.05) is 12.1 Å². The lowest BCUT2D eigenvalue weighted by Gasteiger charge is -2.33. The largest absolute Gasteiger partial charge is 0.482 e. The van der Waals surface area contributed by atoms with E-state index in [-0.39, 0.29) is 31.4 Å². The Morgan fingerprint density at radius 3 is 2.83 bits per heavy atom. The number of fused-ring (bicyclic) bond motifs is 1. The van der Waals surface area contributed by atoms with Crippen LogP contribution in [0.3, 0.4) is 0 Å². The average Bonchev–Trinajstić information content (AvgIpc) is 2.97. The van der Waals surface area contributed by atoms with Crippen molar-refractivity contribution in [1.82, 2.24) is 4.90 Å². The first-order valence-corrected chi connectivity index (χ1v) is 7.99. The first-order valence-electron chi connectivity index (χ1n) is 7.99. The Labute approximate surface area is 139 Å². The van der Waals surface area contributed by atoms with Crippen molar-refractivity contribution < 1.29 is 24.2 Å². The van der Waals surface area contributed by atoms with E-state index >= 15 is 0 Å². The highest BCUT2D eigenvalue weighted by Crippen LogP contribution is 2.33. The van der Waals surface area contributed by atoms with Gasteiger partial charge in [0.05, 0.1) is 5.69 Å². The van der Waals surface area contributed by atoms with Crippen LogP contribution in [0, 0.1) is 0 Å². The molecule has 24 heavy (non-hydrogen) atoms. The summed E-state index contributed by atoms with van der Waals surface area (Å²) in [7, 11) is 0. The average molecular weight is 332 g/mol. The number of ether oxygens (including phenoxy) is 1. The van der Waals surface area contributed by atoms with Crippen molar-refractivity contribution in [1.29, 1.82) is 0 Å². The fraction of sp³-hybridized carbons (Fsp3) is 0.471. The molecular weight excluding hydrogens is 312 g/mol. The molecule has 1 aromatic carbocycles. The van der Waals surface area contributed by atoms with E-state index in [4.69, 9.17) is 4.74 Å². The van der Waals surface area contributed by atoms with Gasteiger partial charge in [0.1, 0.15) is 11.3 Å². The van der Waals surface area contributed by atoms with Crippen LogP contribution in [0.4, 0.5) is 5.69 Å². The molecule has 0 saturated carbocycles. The minimum absolute atomic E-state index is 0.0538. The van der Waals surface area contributed by atoms with E-state index in [1.54, 1.807) is 25.1 Å². The predicted octanol–water partition coefficient (Wildman–Crippen LogP) is 1.27. The summed E-state index contributed by atoms with van der Waals surface area (Å²) in [5.41, 5.74) is -0.506. The number of benzene rings is 1. The molecule has 2 aliphatic heterocycles. The van der Waals surface area contributed by atoms with E-state index in [9.17, 15) is 19.5 Å². The van der Waals surface area contributed by atoms with Crippen molar-refractivity contribution in [3.05, 3.63) is 24.3 Å². The molecule has 7 nitrogen and oxygen atoms in total. The molecule has 0 radical (unpaired) electrons. The number of amides is 2. The summed E-state index contributed by atoms with van der Waals surface area (Å²) < 4.78 is 5.37. The number of aliphatic carboxylic acids is 1. The molecule has 1 aromatic rings. The molecule has 1 saturated heterocycles. The Bertz CT molecular complexity index is 689. The van der Waals surface area contributed by atoms with Crippen molar-refractivity contribution >= 4 is 23.5 Å². The normalized spacial score (nSPS) is 23.0. The highest BCUT2D eigenvalue weighted by atomic mass is 16.5. The summed E-state index contributed by atoms with van der Waals surface area (Å²) in [6.45, 7) is 2.18. The van der Waals surface area contributed by atoms with Crippen molar-refractivity contribution in [2.24, 2.45) is 0 Å². The Morgan fingerprint density at radius 2 is 2.08 bits per heavy atom. The maximum Gasteiger partial charge on any atom is 0.329 e. The number of nitrogens with zero attached hydrogens (tertiary/aromatic N) is 2. The van der Waals surface area contributed by atoms with Gasteiger partial charge in [0.2, 0.25) is 5.91 Å². The molecule has 1 unspecified atom stereocenters. The number of hydrogen-bond acceptors (Lipinski definition) is 4. The molecule has 0 spiro atoms. The second-order valence-electron chi connectivity index (χ2n) is 6.28. The van der Waals surface area contributed by atoms with Gasteiger partial charge in [-0.05, 0) is 31.9 Å². The van der Waals surface area contributed by atoms with Crippen LogP contribution in [0.25, 0.3) is 0 Å². The van der Waals surface area contributed by atoms with Gasteiger partial charge in [0.15, 0.2) is 6.61 Å². The number of para-hydroxylation sites is 2. The zero-order chi connectivity index (χ0) is 17.3. The summed E-state index contributed by atoms with van der Waals surface area (Å²) in [4.78, 5) is 39.1. The first-order chi connectivity index (χ1) is 11.4. The minimum Gasteiger partial charge on any atom is -0.482 e. The van der Waals surface area contributed by atoms with Gasteiger partial charge in [0.25, 0.3) is 5.91 Å². The summed E-state index contributed by atoms with van der Waals surface area (Å²) in [5.74, 6) is -0.819. The lowest BCUT2D eigenvalue weighted by molar-refractivity contribution is -0.155. The van der Waals surface area contributed by atoms with E-state index in [1.807, 2.05) is 6.07 Å². The second-order valence-corrected chi connectivity index (χ2v) is 6.28. The Balaban J connectivity index is 1.71. The number of anilines is 1. The molecule has 1 fully saturated rings. The van der Waals surface area contributed by atoms with Crippen molar-refractivity contribution in [3.8, 4) is 5.75 Å². The smallest absolute Gasteiger partial charge is 0.329 e. The number of rotatable bonds is 4. The third kappa shape index (κ3) is 2.70. The zero-order valence-electron chi connectivity index (χ0n) is 13.5. The van der Waals surface area contributed by atoms with Gasteiger partial charge in [-0.25, -0.2) is 4.79 Å². The van der Waals surface area contributed by atoms with Gasteiger partial charge in [0, 0.05) is 19.5 Å². The van der Waals surface area contributed by atoms with Gasteiger partial charge in [-0.3, -0.25) is 9.59 Å². The molecule has 3 rings (SSSR count). The summed E-state index contributed by atoms with van der Waals surface area (Å²) in [6.07, 6.45) is 1.21. The predicted molar refractivity (Wildman–Crippen MR) is 85.9 cm³/mol. The molecular formula is C17H20N2O5. The molecule has 2 amide bonds. The van der Waals surface area contributed by atoms with E-state index in [0.717, 1.165) is 0 Å². The number of hydrogen-bond donors (Lipinski definition) is 1. The Kier molecular flexibility index (Phi) is 4.17. The molecule has 2 aliphatic rings. The van der Waals surface area contributed by atoms with E-state index in [1.165, 1.54) is 9.80 Å². The number of carboxylic acid groups (broad SMARTS) is 1. The molecule has 0 bridgehead atoms. The summed E-state index contributed by atoms with van der Waals surface area (Å²) in [6, 6.07) is 7.17. The molecule has 7 heteroatoms. The Morgan fingerprint density at radius 1 is 1.33 bits per heavy atom. The highest BCUT2D eigenvalue weighted by molar-refractivity contribution is 5.98. The van der Waals surface area contributed by atoms with Gasteiger partial charge < -0.3 is 19.6 Å². The molecule has 1 N–H and O–H groups in total. The van der Waals surface area contributed by atoms with Gasteiger partial charge in [-0.2, -0.15) is 0 Å². The summed E-state index contributed by atoms with van der Waals surface area (Å²) in [5, 5.41) is 9.41. The molecule has 0 aliphatic carbocycles.